The van der Waals surface area contributed by atoms with E-state index in [0.29, 0.717) is 63.8 Å². The van der Waals surface area contributed by atoms with Crippen molar-refractivity contribution >= 4 is 17.7 Å². The average molecular weight is 460 g/mol. The maximum absolute atomic E-state index is 13.0. The molecule has 1 aromatic carbocycles. The highest BCUT2D eigenvalue weighted by Gasteiger charge is 2.38. The van der Waals surface area contributed by atoms with Gasteiger partial charge in [-0.3, -0.25) is 14.4 Å². The van der Waals surface area contributed by atoms with Gasteiger partial charge in [-0.15, -0.1) is 0 Å². The van der Waals surface area contributed by atoms with Crippen molar-refractivity contribution in [2.24, 2.45) is 5.92 Å². The van der Waals surface area contributed by atoms with Gasteiger partial charge in [0.15, 0.2) is 11.5 Å². The standard InChI is InChI=1S/C24H33N3O6/c1-31-19-6-5-17(14-21(19)32-2)7-8-27-16-18(15-22(27)28)23(29)25-9-11-26(12-10-25)24(30)20-4-3-13-33-20/h5-6,14,18,20H,3-4,7-13,15-16H2,1-2H3/t18-,20+/m1/s1. The van der Waals surface area contributed by atoms with E-state index in [-0.39, 0.29) is 36.2 Å². The highest BCUT2D eigenvalue weighted by molar-refractivity contribution is 5.89. The quantitative estimate of drug-likeness (QED) is 0.603. The zero-order chi connectivity index (χ0) is 23.4. The number of hydrogen-bond acceptors (Lipinski definition) is 6. The smallest absolute Gasteiger partial charge is 0.251 e. The number of carbonyl (C=O) groups is 3. The fourth-order valence-corrected chi connectivity index (χ4v) is 4.84. The predicted molar refractivity (Wildman–Crippen MR) is 120 cm³/mol. The lowest BCUT2D eigenvalue weighted by Gasteiger charge is -2.36. The molecule has 3 saturated heterocycles. The van der Waals surface area contributed by atoms with Crippen molar-refractivity contribution in [2.45, 2.75) is 31.8 Å². The van der Waals surface area contributed by atoms with Crippen molar-refractivity contribution < 1.29 is 28.6 Å². The molecule has 3 fully saturated rings. The Morgan fingerprint density at radius 3 is 2.36 bits per heavy atom. The second kappa shape index (κ2) is 10.4. The highest BCUT2D eigenvalue weighted by atomic mass is 16.5. The Morgan fingerprint density at radius 2 is 1.73 bits per heavy atom. The second-order valence-corrected chi connectivity index (χ2v) is 8.83. The van der Waals surface area contributed by atoms with Gasteiger partial charge in [-0.2, -0.15) is 0 Å². The van der Waals surface area contributed by atoms with E-state index in [9.17, 15) is 14.4 Å². The van der Waals surface area contributed by atoms with Gasteiger partial charge in [-0.1, -0.05) is 6.07 Å². The molecule has 0 radical (unpaired) electrons. The number of rotatable bonds is 7. The molecule has 180 valence electrons. The van der Waals surface area contributed by atoms with Crippen LogP contribution in [-0.2, 0) is 25.5 Å². The summed E-state index contributed by atoms with van der Waals surface area (Å²) in [5.74, 6) is 1.08. The number of piperazine rings is 1. The van der Waals surface area contributed by atoms with Crippen molar-refractivity contribution in [1.82, 2.24) is 14.7 Å². The maximum Gasteiger partial charge on any atom is 0.251 e. The Balaban J connectivity index is 1.26. The lowest BCUT2D eigenvalue weighted by atomic mass is 10.1. The van der Waals surface area contributed by atoms with Gasteiger partial charge in [0.1, 0.15) is 6.10 Å². The largest absolute Gasteiger partial charge is 0.493 e. The lowest BCUT2D eigenvalue weighted by Crippen LogP contribution is -2.54. The van der Waals surface area contributed by atoms with E-state index in [0.717, 1.165) is 18.4 Å². The highest BCUT2D eigenvalue weighted by Crippen LogP contribution is 2.28. The molecule has 1 aromatic rings. The van der Waals surface area contributed by atoms with E-state index in [1.165, 1.54) is 0 Å². The summed E-state index contributed by atoms with van der Waals surface area (Å²) in [6, 6.07) is 5.73. The summed E-state index contributed by atoms with van der Waals surface area (Å²) in [5.41, 5.74) is 1.04. The molecule has 0 aliphatic carbocycles. The second-order valence-electron chi connectivity index (χ2n) is 8.83. The van der Waals surface area contributed by atoms with Gasteiger partial charge in [0.05, 0.1) is 20.1 Å². The minimum absolute atomic E-state index is 0.0148. The summed E-state index contributed by atoms with van der Waals surface area (Å²) in [7, 11) is 3.19. The number of methoxy groups -OCH3 is 2. The monoisotopic (exact) mass is 459 g/mol. The van der Waals surface area contributed by atoms with E-state index in [4.69, 9.17) is 14.2 Å². The molecule has 33 heavy (non-hydrogen) atoms. The number of carbonyl (C=O) groups excluding carboxylic acids is 3. The summed E-state index contributed by atoms with van der Waals surface area (Å²) in [6.07, 6.45) is 2.31. The molecule has 0 unspecified atom stereocenters. The molecule has 0 N–H and O–H groups in total. The lowest BCUT2D eigenvalue weighted by molar-refractivity contribution is -0.147. The zero-order valence-electron chi connectivity index (χ0n) is 19.5. The Morgan fingerprint density at radius 1 is 1.03 bits per heavy atom. The van der Waals surface area contributed by atoms with Crippen LogP contribution in [0.1, 0.15) is 24.8 Å². The van der Waals surface area contributed by atoms with E-state index >= 15 is 0 Å². The summed E-state index contributed by atoms with van der Waals surface area (Å²) in [5, 5.41) is 0. The van der Waals surface area contributed by atoms with Crippen LogP contribution in [-0.4, -0.2) is 98.6 Å². The molecular formula is C24H33N3O6. The third-order valence-electron chi connectivity index (χ3n) is 6.79. The van der Waals surface area contributed by atoms with Crippen molar-refractivity contribution in [3.63, 3.8) is 0 Å². The molecule has 3 aliphatic heterocycles. The van der Waals surface area contributed by atoms with Crippen LogP contribution in [0.2, 0.25) is 0 Å². The van der Waals surface area contributed by atoms with Crippen molar-refractivity contribution in [3.8, 4) is 11.5 Å². The molecule has 2 atom stereocenters. The van der Waals surface area contributed by atoms with Crippen LogP contribution >= 0.6 is 0 Å². The number of benzene rings is 1. The first-order valence-electron chi connectivity index (χ1n) is 11.7. The molecule has 3 amide bonds. The van der Waals surface area contributed by atoms with E-state index in [1.807, 2.05) is 18.2 Å². The third kappa shape index (κ3) is 5.24. The predicted octanol–water partition coefficient (Wildman–Crippen LogP) is 0.945. The first kappa shape index (κ1) is 23.4. The number of nitrogens with zero attached hydrogens (tertiary/aromatic N) is 3. The van der Waals surface area contributed by atoms with Gasteiger partial charge in [0.25, 0.3) is 5.91 Å². The molecule has 9 nitrogen and oxygen atoms in total. The summed E-state index contributed by atoms with van der Waals surface area (Å²) >= 11 is 0. The SMILES string of the molecule is COc1ccc(CCN2C[C@H](C(=O)N3CCN(C(=O)[C@@H]4CCCO4)CC3)CC2=O)cc1OC. The van der Waals surface area contributed by atoms with Crippen molar-refractivity contribution in [2.75, 3.05) is 60.1 Å². The van der Waals surface area contributed by atoms with Gasteiger partial charge in [0.2, 0.25) is 11.8 Å². The van der Waals surface area contributed by atoms with Gasteiger partial charge in [0, 0.05) is 52.3 Å². The molecule has 0 bridgehead atoms. The van der Waals surface area contributed by atoms with Crippen LogP contribution < -0.4 is 9.47 Å². The van der Waals surface area contributed by atoms with Crippen LogP contribution in [0.5, 0.6) is 11.5 Å². The molecule has 0 spiro atoms. The summed E-state index contributed by atoms with van der Waals surface area (Å²) < 4.78 is 16.1. The number of likely N-dealkylation sites (tertiary alicyclic amines) is 1. The first-order valence-corrected chi connectivity index (χ1v) is 11.7. The van der Waals surface area contributed by atoms with E-state index in [1.54, 1.807) is 28.9 Å². The van der Waals surface area contributed by atoms with Gasteiger partial charge < -0.3 is 28.9 Å². The molecular weight excluding hydrogens is 426 g/mol. The zero-order valence-corrected chi connectivity index (χ0v) is 19.5. The maximum atomic E-state index is 13.0. The van der Waals surface area contributed by atoms with Crippen molar-refractivity contribution in [3.05, 3.63) is 23.8 Å². The molecule has 9 heteroatoms. The first-order chi connectivity index (χ1) is 16.0. The van der Waals surface area contributed by atoms with Gasteiger partial charge in [-0.25, -0.2) is 0 Å². The average Bonchev–Trinajstić information content (AvgIpc) is 3.52. The molecule has 0 saturated carbocycles. The topological polar surface area (TPSA) is 88.6 Å². The summed E-state index contributed by atoms with van der Waals surface area (Å²) in [4.78, 5) is 43.5. The van der Waals surface area contributed by atoms with Crippen molar-refractivity contribution in [1.29, 1.82) is 0 Å². The number of ether oxygens (including phenoxy) is 3. The Hall–Kier alpha value is -2.81. The van der Waals surface area contributed by atoms with Crippen LogP contribution in [0, 0.1) is 5.92 Å². The molecule has 4 rings (SSSR count). The van der Waals surface area contributed by atoms with E-state index < -0.39 is 0 Å². The number of amides is 3. The Kier molecular flexibility index (Phi) is 7.37. The van der Waals surface area contributed by atoms with Crippen LogP contribution in [0.4, 0.5) is 0 Å². The van der Waals surface area contributed by atoms with Gasteiger partial charge >= 0.3 is 0 Å². The normalized spacial score (nSPS) is 23.2. The molecule has 3 aliphatic rings. The molecule has 3 heterocycles. The fourth-order valence-electron chi connectivity index (χ4n) is 4.84. The van der Waals surface area contributed by atoms with E-state index in [2.05, 4.69) is 0 Å². The minimum Gasteiger partial charge on any atom is -0.493 e. The van der Waals surface area contributed by atoms with Gasteiger partial charge in [-0.05, 0) is 37.0 Å². The fraction of sp³-hybridized carbons (Fsp3) is 0.625. The van der Waals surface area contributed by atoms with Crippen LogP contribution in [0.3, 0.4) is 0 Å². The third-order valence-corrected chi connectivity index (χ3v) is 6.79. The Labute approximate surface area is 194 Å². The summed E-state index contributed by atoms with van der Waals surface area (Å²) in [6.45, 7) is 3.71. The number of hydrogen-bond donors (Lipinski definition) is 0. The molecule has 0 aromatic heterocycles. The minimum atomic E-state index is -0.320. The Bertz CT molecular complexity index is 877. The van der Waals surface area contributed by atoms with Crippen LogP contribution in [0.15, 0.2) is 18.2 Å². The van der Waals surface area contributed by atoms with Crippen LogP contribution in [0.25, 0.3) is 0 Å².